The van der Waals surface area contributed by atoms with Gasteiger partial charge in [0.15, 0.2) is 0 Å². The second kappa shape index (κ2) is 9.37. The molecule has 1 fully saturated rings. The molecule has 28 heavy (non-hydrogen) atoms. The van der Waals surface area contributed by atoms with Crippen molar-refractivity contribution in [1.82, 2.24) is 19.8 Å². The molecule has 9 nitrogen and oxygen atoms in total. The fourth-order valence-corrected chi connectivity index (χ4v) is 4.06. The third kappa shape index (κ3) is 5.44. The fourth-order valence-electron chi connectivity index (χ4n) is 2.48. The molecular formula is C16H22F2N4O5S. The summed E-state index contributed by atoms with van der Waals surface area (Å²) in [6.45, 7) is 0.379. The minimum Gasteiger partial charge on any atom is -0.359 e. The van der Waals surface area contributed by atoms with Crippen LogP contribution < -0.4 is 10.6 Å². The second-order valence-corrected chi connectivity index (χ2v) is 8.14. The van der Waals surface area contributed by atoms with Crippen LogP contribution in [0.5, 0.6) is 0 Å². The molecule has 0 saturated carbocycles. The number of carbonyl (C=O) groups is 2. The Morgan fingerprint density at radius 2 is 1.93 bits per heavy atom. The smallest absolute Gasteiger partial charge is 0.309 e. The van der Waals surface area contributed by atoms with Gasteiger partial charge in [-0.05, 0) is 32.3 Å². The van der Waals surface area contributed by atoms with E-state index in [4.69, 9.17) is 4.74 Å². The number of rotatable bonds is 7. The first-order chi connectivity index (χ1) is 13.1. The van der Waals surface area contributed by atoms with Crippen LogP contribution in [0.1, 0.15) is 0 Å². The molecule has 0 aromatic heterocycles. The predicted octanol–water partition coefficient (Wildman–Crippen LogP) is -0.894. The van der Waals surface area contributed by atoms with Crippen molar-refractivity contribution in [3.63, 3.8) is 0 Å². The van der Waals surface area contributed by atoms with Gasteiger partial charge in [-0.1, -0.05) is 0 Å². The van der Waals surface area contributed by atoms with Crippen LogP contribution in [-0.2, 0) is 24.3 Å². The molecule has 1 aliphatic rings. The Balaban J connectivity index is 2.00. The van der Waals surface area contributed by atoms with E-state index in [-0.39, 0.29) is 26.2 Å². The Morgan fingerprint density at radius 3 is 2.61 bits per heavy atom. The van der Waals surface area contributed by atoms with E-state index in [1.165, 1.54) is 0 Å². The molecule has 2 N–H and O–H groups in total. The van der Waals surface area contributed by atoms with Crippen LogP contribution in [0.25, 0.3) is 0 Å². The highest BCUT2D eigenvalue weighted by molar-refractivity contribution is 7.89. The van der Waals surface area contributed by atoms with Crippen LogP contribution in [0.15, 0.2) is 23.1 Å². The zero-order chi connectivity index (χ0) is 20.9. The lowest BCUT2D eigenvalue weighted by Gasteiger charge is -2.23. The van der Waals surface area contributed by atoms with Gasteiger partial charge in [-0.25, -0.2) is 17.2 Å². The van der Waals surface area contributed by atoms with Crippen molar-refractivity contribution in [3.05, 3.63) is 29.8 Å². The van der Waals surface area contributed by atoms with Gasteiger partial charge in [-0.15, -0.1) is 0 Å². The van der Waals surface area contributed by atoms with Crippen molar-refractivity contribution >= 4 is 21.8 Å². The maximum atomic E-state index is 13.9. The second-order valence-electron chi connectivity index (χ2n) is 6.29. The largest absolute Gasteiger partial charge is 0.359 e. The van der Waals surface area contributed by atoms with Gasteiger partial charge in [-0.3, -0.25) is 9.59 Å². The van der Waals surface area contributed by atoms with Crippen molar-refractivity contribution in [2.45, 2.75) is 11.1 Å². The van der Waals surface area contributed by atoms with Gasteiger partial charge in [0.05, 0.1) is 13.2 Å². The number of hydrogen-bond acceptors (Lipinski definition) is 6. The first-order valence-electron chi connectivity index (χ1n) is 8.42. The molecule has 1 atom stereocenters. The monoisotopic (exact) mass is 420 g/mol. The van der Waals surface area contributed by atoms with Crippen molar-refractivity contribution in [2.75, 3.05) is 46.9 Å². The van der Waals surface area contributed by atoms with Crippen LogP contribution in [-0.4, -0.2) is 82.5 Å². The maximum Gasteiger partial charge on any atom is 0.309 e. The van der Waals surface area contributed by atoms with Crippen molar-refractivity contribution in [1.29, 1.82) is 0 Å². The number of ether oxygens (including phenoxy) is 1. The molecule has 156 valence electrons. The summed E-state index contributed by atoms with van der Waals surface area (Å²) in [5, 5.41) is 4.69. The molecular weight excluding hydrogens is 398 g/mol. The molecule has 0 spiro atoms. The molecule has 12 heteroatoms. The summed E-state index contributed by atoms with van der Waals surface area (Å²) in [4.78, 5) is 24.5. The van der Waals surface area contributed by atoms with E-state index in [2.05, 4.69) is 10.6 Å². The van der Waals surface area contributed by atoms with Crippen molar-refractivity contribution < 1.29 is 31.5 Å². The highest BCUT2D eigenvalue weighted by Gasteiger charge is 2.38. The Bertz CT molecular complexity index is 834. The van der Waals surface area contributed by atoms with Gasteiger partial charge < -0.3 is 20.3 Å². The van der Waals surface area contributed by atoms with Crippen molar-refractivity contribution in [2.24, 2.45) is 0 Å². The third-order valence-electron chi connectivity index (χ3n) is 3.91. The van der Waals surface area contributed by atoms with Crippen LogP contribution in [0.3, 0.4) is 0 Å². The van der Waals surface area contributed by atoms with Crippen LogP contribution >= 0.6 is 0 Å². The molecule has 0 bridgehead atoms. The summed E-state index contributed by atoms with van der Waals surface area (Å²) in [7, 11) is -0.786. The topological polar surface area (TPSA) is 108 Å². The Kier molecular flexibility index (Phi) is 7.41. The fraction of sp³-hybridized carbons (Fsp3) is 0.500. The van der Waals surface area contributed by atoms with Crippen LogP contribution in [0.4, 0.5) is 8.78 Å². The SMILES string of the molecule is CN(C)CCNC(=O)C(=O)NCC1OCCN1S(=O)(=O)c1cc(F)ccc1F. The number of nitrogens with zero attached hydrogens (tertiary/aromatic N) is 2. The molecule has 1 saturated heterocycles. The van der Waals surface area contributed by atoms with Gasteiger partial charge in [-0.2, -0.15) is 4.31 Å². The molecule has 1 heterocycles. The van der Waals surface area contributed by atoms with Gasteiger partial charge in [0.2, 0.25) is 10.0 Å². The van der Waals surface area contributed by atoms with E-state index in [0.717, 1.165) is 10.4 Å². The molecule has 1 unspecified atom stereocenters. The molecule has 0 aliphatic carbocycles. The number of nitrogens with one attached hydrogen (secondary N) is 2. The highest BCUT2D eigenvalue weighted by atomic mass is 32.2. The number of halogens is 2. The first-order valence-corrected chi connectivity index (χ1v) is 9.86. The molecule has 1 aromatic rings. The summed E-state index contributed by atoms with van der Waals surface area (Å²) >= 11 is 0. The zero-order valence-electron chi connectivity index (χ0n) is 15.4. The van der Waals surface area contributed by atoms with Gasteiger partial charge in [0.1, 0.15) is 22.8 Å². The van der Waals surface area contributed by atoms with Crippen LogP contribution in [0, 0.1) is 11.6 Å². The maximum absolute atomic E-state index is 13.9. The molecule has 2 rings (SSSR count). The lowest BCUT2D eigenvalue weighted by molar-refractivity contribution is -0.139. The van der Waals surface area contributed by atoms with Gasteiger partial charge in [0.25, 0.3) is 0 Å². The van der Waals surface area contributed by atoms with Crippen LogP contribution in [0.2, 0.25) is 0 Å². The number of benzene rings is 1. The summed E-state index contributed by atoms with van der Waals surface area (Å²) in [5.41, 5.74) is 0. The first kappa shape index (κ1) is 22.1. The molecule has 0 radical (unpaired) electrons. The van der Waals surface area contributed by atoms with E-state index in [1.54, 1.807) is 14.1 Å². The van der Waals surface area contributed by atoms with E-state index in [0.29, 0.717) is 18.7 Å². The highest BCUT2D eigenvalue weighted by Crippen LogP contribution is 2.24. The number of carbonyl (C=O) groups excluding carboxylic acids is 2. The van der Waals surface area contributed by atoms with Gasteiger partial charge >= 0.3 is 11.8 Å². The number of hydrogen-bond donors (Lipinski definition) is 2. The lowest BCUT2D eigenvalue weighted by Crippen LogP contribution is -2.48. The normalized spacial score (nSPS) is 17.7. The number of amides is 2. The summed E-state index contributed by atoms with van der Waals surface area (Å²) in [6.07, 6.45) is -1.15. The van der Waals surface area contributed by atoms with Crippen molar-refractivity contribution in [3.8, 4) is 0 Å². The van der Waals surface area contributed by atoms with E-state index in [1.807, 2.05) is 4.90 Å². The quantitative estimate of drug-likeness (QED) is 0.554. The van der Waals surface area contributed by atoms with E-state index >= 15 is 0 Å². The average Bonchev–Trinajstić information content (AvgIpc) is 3.10. The lowest BCUT2D eigenvalue weighted by atomic mass is 10.3. The summed E-state index contributed by atoms with van der Waals surface area (Å²) < 4.78 is 58.6. The standard InChI is InChI=1S/C16H22F2N4O5S/c1-21(2)6-5-19-15(23)16(24)20-10-14-22(7-8-27-14)28(25,26)13-9-11(17)3-4-12(13)18/h3-4,9,14H,5-8,10H2,1-2H3,(H,19,23)(H,20,24). The number of sulfonamides is 1. The molecule has 1 aromatic carbocycles. The Labute approximate surface area is 161 Å². The van der Waals surface area contributed by atoms with Gasteiger partial charge in [0, 0.05) is 19.6 Å². The summed E-state index contributed by atoms with van der Waals surface area (Å²) in [5.74, 6) is -3.83. The molecule has 1 aliphatic heterocycles. The third-order valence-corrected chi connectivity index (χ3v) is 5.81. The zero-order valence-corrected chi connectivity index (χ0v) is 16.3. The predicted molar refractivity (Wildman–Crippen MR) is 94.6 cm³/mol. The Morgan fingerprint density at radius 1 is 1.25 bits per heavy atom. The molecule has 2 amide bonds. The van der Waals surface area contributed by atoms with E-state index in [9.17, 15) is 26.8 Å². The Hall–Kier alpha value is -2.15. The van der Waals surface area contributed by atoms with E-state index < -0.39 is 44.6 Å². The summed E-state index contributed by atoms with van der Waals surface area (Å²) in [6, 6.07) is 2.10. The minimum atomic E-state index is -4.40. The minimum absolute atomic E-state index is 0.00569. The average molecular weight is 420 g/mol. The number of likely N-dealkylation sites (N-methyl/N-ethyl adjacent to an activating group) is 1.